The maximum atomic E-state index is 4.39. The highest BCUT2D eigenvalue weighted by atomic mass is 15.2. The normalized spacial score (nSPS) is 14.8. The first-order chi connectivity index (χ1) is 17.1. The van der Waals surface area contributed by atoms with E-state index in [1.165, 1.54) is 39.1 Å². The molecule has 0 spiro atoms. The molecule has 0 fully saturated rings. The van der Waals surface area contributed by atoms with Gasteiger partial charge in [0.1, 0.15) is 0 Å². The smallest absolute Gasteiger partial charge is 0.199 e. The van der Waals surface area contributed by atoms with E-state index in [0.29, 0.717) is 0 Å². The molecule has 1 aliphatic rings. The summed E-state index contributed by atoms with van der Waals surface area (Å²) in [6, 6.07) is 28.3. The first-order valence-corrected chi connectivity index (χ1v) is 12.3. The monoisotopic (exact) mass is 464 g/mol. The zero-order chi connectivity index (χ0) is 24.6. The Hall–Kier alpha value is -3.63. The van der Waals surface area contributed by atoms with Crippen molar-refractivity contribution >= 4 is 5.96 Å². The summed E-state index contributed by atoms with van der Waals surface area (Å²) in [4.78, 5) is 6.97. The predicted octanol–water partition coefficient (Wildman–Crippen LogP) is 5.90. The molecule has 0 saturated carbocycles. The van der Waals surface area contributed by atoms with Gasteiger partial charge in [0.2, 0.25) is 0 Å². The van der Waals surface area contributed by atoms with Crippen molar-refractivity contribution in [1.29, 1.82) is 0 Å². The Bertz CT molecular complexity index is 1160. The minimum absolute atomic E-state index is 0.156. The van der Waals surface area contributed by atoms with Crippen molar-refractivity contribution in [2.45, 2.75) is 32.7 Å². The summed E-state index contributed by atoms with van der Waals surface area (Å²) in [5, 5.41) is 6.74. The molecule has 0 unspecified atom stereocenters. The predicted molar refractivity (Wildman–Crippen MR) is 147 cm³/mol. The van der Waals surface area contributed by atoms with Gasteiger partial charge in [-0.2, -0.15) is 0 Å². The van der Waals surface area contributed by atoms with Gasteiger partial charge < -0.3 is 10.6 Å². The maximum Gasteiger partial charge on any atom is 0.199 e. The molecule has 4 nitrogen and oxygen atoms in total. The zero-order valence-electron chi connectivity index (χ0n) is 21.1. The maximum absolute atomic E-state index is 4.39. The second kappa shape index (κ2) is 11.7. The number of nitrogens with zero attached hydrogens (tertiary/aromatic N) is 2. The van der Waals surface area contributed by atoms with Gasteiger partial charge in [-0.15, -0.1) is 0 Å². The molecule has 180 valence electrons. The average molecular weight is 465 g/mol. The van der Waals surface area contributed by atoms with Crippen molar-refractivity contribution in [3.05, 3.63) is 131 Å². The number of nitrogens with one attached hydrogen (secondary N) is 2. The van der Waals surface area contributed by atoms with Crippen LogP contribution in [-0.4, -0.2) is 31.0 Å². The molecule has 35 heavy (non-hydrogen) atoms. The average Bonchev–Trinajstić information content (AvgIpc) is 2.89. The number of aryl methyl sites for hydroxylation is 1. The lowest BCUT2D eigenvalue weighted by Crippen LogP contribution is -2.41. The largest absolute Gasteiger partial charge is 0.333 e. The molecule has 1 aliphatic heterocycles. The SMILES string of the molecule is C=CNC(=NC)NC1=C(C(c2ccccc2)c2ccccc2)CN(Cc2cccc(C)c2C)CC1. The molecule has 3 aromatic rings. The molecule has 2 N–H and O–H groups in total. The zero-order valence-corrected chi connectivity index (χ0v) is 21.1. The van der Waals surface area contributed by atoms with Crippen LogP contribution in [0.15, 0.2) is 108 Å². The number of hydrogen-bond acceptors (Lipinski definition) is 2. The molecule has 3 aromatic carbocycles. The van der Waals surface area contributed by atoms with E-state index in [1.807, 2.05) is 0 Å². The Morgan fingerprint density at radius 3 is 2.23 bits per heavy atom. The summed E-state index contributed by atoms with van der Waals surface area (Å²) in [7, 11) is 1.79. The molecule has 0 aliphatic carbocycles. The quantitative estimate of drug-likeness (QED) is 0.338. The van der Waals surface area contributed by atoms with Crippen LogP contribution < -0.4 is 10.6 Å². The van der Waals surface area contributed by atoms with Gasteiger partial charge in [0.25, 0.3) is 0 Å². The highest BCUT2D eigenvalue weighted by molar-refractivity contribution is 5.82. The fraction of sp³-hybridized carbons (Fsp3) is 0.258. The van der Waals surface area contributed by atoms with Crippen LogP contribution in [0.3, 0.4) is 0 Å². The van der Waals surface area contributed by atoms with E-state index >= 15 is 0 Å². The third-order valence-electron chi connectivity index (χ3n) is 6.92. The molecule has 4 rings (SSSR count). The van der Waals surface area contributed by atoms with Gasteiger partial charge in [0.05, 0.1) is 0 Å². The third-order valence-corrected chi connectivity index (χ3v) is 6.92. The van der Waals surface area contributed by atoms with Crippen molar-refractivity contribution in [2.24, 2.45) is 4.99 Å². The molecule has 0 amide bonds. The summed E-state index contributed by atoms with van der Waals surface area (Å²) < 4.78 is 0. The molecule has 1 heterocycles. The Morgan fingerprint density at radius 2 is 1.63 bits per heavy atom. The minimum atomic E-state index is 0.156. The lowest BCUT2D eigenvalue weighted by atomic mass is 9.81. The van der Waals surface area contributed by atoms with Crippen molar-refractivity contribution in [3.63, 3.8) is 0 Å². The van der Waals surface area contributed by atoms with Crippen LogP contribution in [0.25, 0.3) is 0 Å². The van der Waals surface area contributed by atoms with E-state index in [-0.39, 0.29) is 5.92 Å². The Kier molecular flexibility index (Phi) is 8.17. The van der Waals surface area contributed by atoms with Gasteiger partial charge in [-0.1, -0.05) is 85.4 Å². The molecule has 4 heteroatoms. The fourth-order valence-electron chi connectivity index (χ4n) is 4.90. The van der Waals surface area contributed by atoms with Crippen LogP contribution in [-0.2, 0) is 6.54 Å². The molecule has 0 bridgehead atoms. The van der Waals surface area contributed by atoms with Gasteiger partial charge in [-0.05, 0) is 53.4 Å². The lowest BCUT2D eigenvalue weighted by molar-refractivity contribution is 0.269. The van der Waals surface area contributed by atoms with Gasteiger partial charge in [0.15, 0.2) is 5.96 Å². The van der Waals surface area contributed by atoms with Gasteiger partial charge >= 0.3 is 0 Å². The van der Waals surface area contributed by atoms with Crippen molar-refractivity contribution < 1.29 is 0 Å². The fourth-order valence-corrected chi connectivity index (χ4v) is 4.90. The van der Waals surface area contributed by atoms with Crippen LogP contribution in [0.1, 0.15) is 40.2 Å². The van der Waals surface area contributed by atoms with Crippen LogP contribution in [0.4, 0.5) is 0 Å². The third kappa shape index (κ3) is 5.90. The van der Waals surface area contributed by atoms with Crippen LogP contribution in [0.5, 0.6) is 0 Å². The lowest BCUT2D eigenvalue weighted by Gasteiger charge is -2.36. The number of guanidine groups is 1. The van der Waals surface area contributed by atoms with E-state index in [1.54, 1.807) is 13.2 Å². The number of hydrogen-bond donors (Lipinski definition) is 2. The van der Waals surface area contributed by atoms with Crippen LogP contribution >= 0.6 is 0 Å². The Labute approximate surface area is 210 Å². The number of aliphatic imine (C=N–C) groups is 1. The first-order valence-electron chi connectivity index (χ1n) is 12.3. The second-order valence-corrected chi connectivity index (χ2v) is 9.12. The van der Waals surface area contributed by atoms with Crippen molar-refractivity contribution in [1.82, 2.24) is 15.5 Å². The topological polar surface area (TPSA) is 39.7 Å². The minimum Gasteiger partial charge on any atom is -0.333 e. The first kappa shape index (κ1) is 24.5. The standard InChI is InChI=1S/C31H36N4/c1-5-33-31(32-4)34-29-19-20-35(21-27-18-12-13-23(2)24(27)3)22-28(29)30(25-14-8-6-9-15-25)26-16-10-7-11-17-26/h5-18,30H,1,19-22H2,2-4H3,(H2,32,33,34). The summed E-state index contributed by atoms with van der Waals surface area (Å²) in [5.74, 6) is 0.874. The highest BCUT2D eigenvalue weighted by Gasteiger charge is 2.28. The Balaban J connectivity index is 1.76. The number of benzene rings is 3. The van der Waals surface area contributed by atoms with E-state index in [0.717, 1.165) is 32.0 Å². The van der Waals surface area contributed by atoms with Gasteiger partial charge in [-0.25, -0.2) is 0 Å². The molecular formula is C31H36N4. The summed E-state index contributed by atoms with van der Waals surface area (Å²) in [6.07, 6.45) is 2.59. The Morgan fingerprint density at radius 1 is 0.971 bits per heavy atom. The van der Waals surface area contributed by atoms with Crippen molar-refractivity contribution in [2.75, 3.05) is 20.1 Å². The van der Waals surface area contributed by atoms with Gasteiger partial charge in [0, 0.05) is 44.7 Å². The number of rotatable bonds is 7. The van der Waals surface area contributed by atoms with Crippen molar-refractivity contribution in [3.8, 4) is 0 Å². The van der Waals surface area contributed by atoms with Crippen LogP contribution in [0, 0.1) is 13.8 Å². The summed E-state index contributed by atoms with van der Waals surface area (Å²) in [5.41, 5.74) is 9.35. The van der Waals surface area contributed by atoms with E-state index in [2.05, 4.69) is 120 Å². The molecule has 0 aromatic heterocycles. The van der Waals surface area contributed by atoms with Crippen LogP contribution in [0.2, 0.25) is 0 Å². The summed E-state index contributed by atoms with van der Waals surface area (Å²) in [6.45, 7) is 11.1. The van der Waals surface area contributed by atoms with Gasteiger partial charge in [-0.3, -0.25) is 9.89 Å². The molecular weight excluding hydrogens is 428 g/mol. The molecule has 0 atom stereocenters. The van der Waals surface area contributed by atoms with E-state index in [4.69, 9.17) is 0 Å². The molecule has 0 radical (unpaired) electrons. The highest BCUT2D eigenvalue weighted by Crippen LogP contribution is 2.36. The second-order valence-electron chi connectivity index (χ2n) is 9.12. The van der Waals surface area contributed by atoms with E-state index in [9.17, 15) is 0 Å². The van der Waals surface area contributed by atoms with E-state index < -0.39 is 0 Å². The summed E-state index contributed by atoms with van der Waals surface area (Å²) >= 11 is 0. The molecule has 0 saturated heterocycles.